The second-order valence-electron chi connectivity index (χ2n) is 7.75. The van der Waals surface area contributed by atoms with Crippen molar-refractivity contribution >= 4 is 27.6 Å². The summed E-state index contributed by atoms with van der Waals surface area (Å²) in [5.74, 6) is 2.89. The quantitative estimate of drug-likeness (QED) is 0.513. The number of hydrogen-bond acceptors (Lipinski definition) is 5. The summed E-state index contributed by atoms with van der Waals surface area (Å²) in [5, 5.41) is 5.86. The largest absolute Gasteiger partial charge is 0.342 e. The SMILES string of the molecule is Cc1ncc(C)n2nc(C3C(C)C3c3nc4c(ccc5ncccc54)[nH]3)nc12. The van der Waals surface area contributed by atoms with E-state index in [0.29, 0.717) is 11.8 Å². The highest BCUT2D eigenvalue weighted by Crippen LogP contribution is 2.58. The average Bonchev–Trinajstić information content (AvgIpc) is 3.08. The molecule has 0 spiro atoms. The van der Waals surface area contributed by atoms with Crippen LogP contribution in [0.1, 0.15) is 41.8 Å². The maximum absolute atomic E-state index is 4.95. The maximum atomic E-state index is 4.95. The molecule has 1 aliphatic rings. The predicted octanol–water partition coefficient (Wildman–Crippen LogP) is 3.68. The first kappa shape index (κ1) is 15.7. The van der Waals surface area contributed by atoms with Gasteiger partial charge in [-0.3, -0.25) is 9.97 Å². The summed E-state index contributed by atoms with van der Waals surface area (Å²) in [6.45, 7) is 6.22. The van der Waals surface area contributed by atoms with Gasteiger partial charge in [-0.25, -0.2) is 14.5 Å². The third kappa shape index (κ3) is 2.07. The number of fused-ring (bicyclic) bond motifs is 4. The predicted molar refractivity (Wildman–Crippen MR) is 106 cm³/mol. The van der Waals surface area contributed by atoms with Crippen molar-refractivity contribution in [3.8, 4) is 0 Å². The van der Waals surface area contributed by atoms with E-state index < -0.39 is 0 Å². The Hall–Kier alpha value is -3.35. The minimum Gasteiger partial charge on any atom is -0.342 e. The molecule has 1 N–H and O–H groups in total. The van der Waals surface area contributed by atoms with Gasteiger partial charge in [-0.15, -0.1) is 0 Å². The molecule has 5 aromatic rings. The van der Waals surface area contributed by atoms with Crippen LogP contribution in [0, 0.1) is 19.8 Å². The van der Waals surface area contributed by atoms with Crippen LogP contribution < -0.4 is 0 Å². The van der Waals surface area contributed by atoms with Gasteiger partial charge in [-0.1, -0.05) is 6.92 Å². The fourth-order valence-corrected chi connectivity index (χ4v) is 4.33. The van der Waals surface area contributed by atoms with Crippen LogP contribution in [0.3, 0.4) is 0 Å². The van der Waals surface area contributed by atoms with Crippen molar-refractivity contribution in [3.05, 3.63) is 59.7 Å². The number of imidazole rings is 1. The number of nitrogens with one attached hydrogen (secondary N) is 1. The molecule has 0 bridgehead atoms. The second-order valence-corrected chi connectivity index (χ2v) is 7.75. The van der Waals surface area contributed by atoms with E-state index in [2.05, 4.69) is 34.0 Å². The molecule has 1 aliphatic carbocycles. The summed E-state index contributed by atoms with van der Waals surface area (Å²) in [7, 11) is 0. The van der Waals surface area contributed by atoms with Crippen LogP contribution in [0.15, 0.2) is 36.7 Å². The lowest BCUT2D eigenvalue weighted by atomic mass is 10.2. The van der Waals surface area contributed by atoms with E-state index in [0.717, 1.165) is 50.6 Å². The molecule has 28 heavy (non-hydrogen) atoms. The van der Waals surface area contributed by atoms with E-state index in [9.17, 15) is 0 Å². The number of pyridine rings is 1. The first-order chi connectivity index (χ1) is 13.6. The number of aryl methyl sites for hydroxylation is 2. The Kier molecular flexibility index (Phi) is 2.99. The number of benzene rings is 1. The van der Waals surface area contributed by atoms with Crippen LogP contribution in [-0.4, -0.2) is 34.5 Å². The lowest BCUT2D eigenvalue weighted by Gasteiger charge is -1.97. The van der Waals surface area contributed by atoms with Crippen molar-refractivity contribution in [3.63, 3.8) is 0 Å². The molecule has 3 unspecified atom stereocenters. The van der Waals surface area contributed by atoms with Crippen LogP contribution in [0.25, 0.3) is 27.6 Å². The van der Waals surface area contributed by atoms with Gasteiger partial charge in [0.15, 0.2) is 11.5 Å². The summed E-state index contributed by atoms with van der Waals surface area (Å²) in [6, 6.07) is 8.13. The molecule has 0 saturated heterocycles. The highest BCUT2D eigenvalue weighted by atomic mass is 15.3. The van der Waals surface area contributed by atoms with Gasteiger partial charge in [0.2, 0.25) is 0 Å². The average molecular weight is 369 g/mol. The van der Waals surface area contributed by atoms with E-state index in [1.807, 2.05) is 42.9 Å². The van der Waals surface area contributed by atoms with Gasteiger partial charge < -0.3 is 4.98 Å². The molecular weight excluding hydrogens is 350 g/mol. The summed E-state index contributed by atoms with van der Waals surface area (Å²) in [6.07, 6.45) is 3.65. The monoisotopic (exact) mass is 369 g/mol. The summed E-state index contributed by atoms with van der Waals surface area (Å²) >= 11 is 0. The summed E-state index contributed by atoms with van der Waals surface area (Å²) < 4.78 is 1.90. The molecule has 7 heteroatoms. The Labute approximate surface area is 160 Å². The standard InChI is InChI=1S/C21H19N7/c1-10-9-23-12(3)21-26-20(27-28(10)21)17-11(2)16(17)19-24-15-7-6-14-13(18(15)25-19)5-4-8-22-14/h4-9,11,16-17H,1-3H3,(H,24,25). The Morgan fingerprint density at radius 3 is 2.79 bits per heavy atom. The van der Waals surface area contributed by atoms with Gasteiger partial charge in [-0.05, 0) is 44.0 Å². The van der Waals surface area contributed by atoms with E-state index in [4.69, 9.17) is 15.1 Å². The van der Waals surface area contributed by atoms with Crippen LogP contribution in [-0.2, 0) is 0 Å². The van der Waals surface area contributed by atoms with E-state index >= 15 is 0 Å². The Balaban J connectivity index is 1.44. The van der Waals surface area contributed by atoms with Crippen molar-refractivity contribution in [2.45, 2.75) is 32.6 Å². The number of nitrogens with zero attached hydrogens (tertiary/aromatic N) is 6. The highest BCUT2D eigenvalue weighted by molar-refractivity contribution is 6.02. The molecule has 1 saturated carbocycles. The van der Waals surface area contributed by atoms with Gasteiger partial charge >= 0.3 is 0 Å². The van der Waals surface area contributed by atoms with Crippen LogP contribution >= 0.6 is 0 Å². The molecule has 4 heterocycles. The Morgan fingerprint density at radius 2 is 1.93 bits per heavy atom. The smallest absolute Gasteiger partial charge is 0.177 e. The van der Waals surface area contributed by atoms with Crippen LogP contribution in [0.5, 0.6) is 0 Å². The third-order valence-corrected chi connectivity index (χ3v) is 5.97. The van der Waals surface area contributed by atoms with Crippen molar-refractivity contribution < 1.29 is 0 Å². The van der Waals surface area contributed by atoms with E-state index in [-0.39, 0.29) is 5.92 Å². The third-order valence-electron chi connectivity index (χ3n) is 5.97. The minimum absolute atomic E-state index is 0.267. The fourth-order valence-electron chi connectivity index (χ4n) is 4.33. The summed E-state index contributed by atoms with van der Waals surface area (Å²) in [4.78, 5) is 22.1. The zero-order chi connectivity index (χ0) is 19.0. The molecule has 1 fully saturated rings. The topological polar surface area (TPSA) is 84.6 Å². The van der Waals surface area contributed by atoms with Crippen molar-refractivity contribution in [2.75, 3.05) is 0 Å². The molecule has 4 aromatic heterocycles. The highest BCUT2D eigenvalue weighted by Gasteiger charge is 2.53. The van der Waals surface area contributed by atoms with Gasteiger partial charge in [0.1, 0.15) is 5.82 Å². The summed E-state index contributed by atoms with van der Waals surface area (Å²) in [5.41, 5.74) is 5.73. The second kappa shape index (κ2) is 5.34. The number of rotatable bonds is 2. The van der Waals surface area contributed by atoms with Gasteiger partial charge in [0.05, 0.1) is 27.9 Å². The normalized spacial score (nSPS) is 21.8. The van der Waals surface area contributed by atoms with Gasteiger partial charge in [0, 0.05) is 29.6 Å². The zero-order valence-corrected chi connectivity index (χ0v) is 15.9. The number of aromatic amines is 1. The molecular formula is C21H19N7. The molecule has 1 aromatic carbocycles. The Morgan fingerprint density at radius 1 is 1.04 bits per heavy atom. The van der Waals surface area contributed by atoms with Gasteiger partial charge in [-0.2, -0.15) is 5.10 Å². The molecule has 7 nitrogen and oxygen atoms in total. The fraction of sp³-hybridized carbons (Fsp3) is 0.286. The van der Waals surface area contributed by atoms with Crippen LogP contribution in [0.4, 0.5) is 0 Å². The first-order valence-corrected chi connectivity index (χ1v) is 9.54. The van der Waals surface area contributed by atoms with Crippen molar-refractivity contribution in [2.24, 2.45) is 5.92 Å². The molecule has 0 amide bonds. The number of hydrogen-bond donors (Lipinski definition) is 1. The molecule has 3 atom stereocenters. The molecule has 138 valence electrons. The lowest BCUT2D eigenvalue weighted by molar-refractivity contribution is 0.809. The maximum Gasteiger partial charge on any atom is 0.177 e. The van der Waals surface area contributed by atoms with E-state index in [1.54, 1.807) is 0 Å². The Bertz CT molecular complexity index is 1340. The van der Waals surface area contributed by atoms with Crippen molar-refractivity contribution in [1.82, 2.24) is 34.5 Å². The van der Waals surface area contributed by atoms with Crippen molar-refractivity contribution in [1.29, 1.82) is 0 Å². The minimum atomic E-state index is 0.267. The number of aromatic nitrogens is 7. The molecule has 0 aliphatic heterocycles. The lowest BCUT2D eigenvalue weighted by Crippen LogP contribution is -1.97. The van der Waals surface area contributed by atoms with Crippen LogP contribution in [0.2, 0.25) is 0 Å². The number of H-pyrrole nitrogens is 1. The molecule has 6 rings (SSSR count). The van der Waals surface area contributed by atoms with E-state index in [1.165, 1.54) is 0 Å². The first-order valence-electron chi connectivity index (χ1n) is 9.54. The van der Waals surface area contributed by atoms with Gasteiger partial charge in [0.25, 0.3) is 0 Å². The molecule has 0 radical (unpaired) electrons. The zero-order valence-electron chi connectivity index (χ0n) is 15.9.